The first-order chi connectivity index (χ1) is 9.06. The average Bonchev–Trinajstić information content (AvgIpc) is 3.08. The Balaban J connectivity index is 1.88. The predicted octanol–water partition coefficient (Wildman–Crippen LogP) is 3.39. The molecular weight excluding hydrogens is 306 g/mol. The molecule has 3 rings (SSSR count). The minimum Gasteiger partial charge on any atom is -0.339 e. The lowest BCUT2D eigenvalue weighted by molar-refractivity contribution is 0.0998. The van der Waals surface area contributed by atoms with Gasteiger partial charge in [0.05, 0.1) is 0 Å². The van der Waals surface area contributed by atoms with E-state index in [-0.39, 0.29) is 5.91 Å². The number of aryl methyl sites for hydroxylation is 2. The van der Waals surface area contributed by atoms with E-state index in [9.17, 15) is 4.79 Å². The number of hydrogen-bond donors (Lipinski definition) is 1. The normalized spacial score (nSPS) is 14.7. The first-order valence-corrected chi connectivity index (χ1v) is 7.19. The van der Waals surface area contributed by atoms with Gasteiger partial charge in [-0.3, -0.25) is 14.9 Å². The van der Waals surface area contributed by atoms with Gasteiger partial charge in [0.25, 0.3) is 5.91 Å². The van der Waals surface area contributed by atoms with E-state index in [4.69, 9.17) is 0 Å². The third kappa shape index (κ3) is 2.34. The van der Waals surface area contributed by atoms with Crippen molar-refractivity contribution in [1.29, 1.82) is 0 Å². The van der Waals surface area contributed by atoms with Gasteiger partial charge < -0.3 is 4.57 Å². The summed E-state index contributed by atoms with van der Waals surface area (Å²) in [6.07, 6.45) is 4.30. The quantitative estimate of drug-likeness (QED) is 0.924. The minimum absolute atomic E-state index is 0.0694. The second-order valence-corrected chi connectivity index (χ2v) is 5.99. The average molecular weight is 322 g/mol. The summed E-state index contributed by atoms with van der Waals surface area (Å²) in [6.45, 7) is 3.95. The van der Waals surface area contributed by atoms with Crippen LogP contribution in [-0.4, -0.2) is 15.2 Å². The molecule has 0 saturated heterocycles. The van der Waals surface area contributed by atoms with Crippen molar-refractivity contribution in [3.63, 3.8) is 0 Å². The highest BCUT2D eigenvalue weighted by molar-refractivity contribution is 9.10. The highest BCUT2D eigenvalue weighted by Crippen LogP contribution is 2.37. The molecule has 4 nitrogen and oxygen atoms in total. The highest BCUT2D eigenvalue weighted by Gasteiger charge is 2.28. The Bertz CT molecular complexity index is 618. The molecule has 0 bridgehead atoms. The van der Waals surface area contributed by atoms with Crippen LogP contribution >= 0.6 is 15.9 Å². The maximum absolute atomic E-state index is 12.4. The molecule has 1 N–H and O–H groups in total. The number of amides is 1. The molecule has 2 aromatic heterocycles. The number of nitrogens with one attached hydrogen (secondary N) is 1. The molecule has 1 fully saturated rings. The molecule has 1 aliphatic carbocycles. The van der Waals surface area contributed by atoms with Crippen LogP contribution in [0.15, 0.2) is 28.9 Å². The smallest absolute Gasteiger partial charge is 0.286 e. The molecule has 0 spiro atoms. The standard InChI is InChI=1S/C14H16BrN3O/c1-9-3-4-10(2)18(9)16-14(19)13-7-11(15)8-17(13)12-5-6-12/h3-4,7-8,12H,5-6H2,1-2H3,(H,16,19). The van der Waals surface area contributed by atoms with Gasteiger partial charge in [0.2, 0.25) is 0 Å². The van der Waals surface area contributed by atoms with Gasteiger partial charge in [0.1, 0.15) is 5.69 Å². The number of halogens is 1. The minimum atomic E-state index is -0.0694. The van der Waals surface area contributed by atoms with Crippen LogP contribution < -0.4 is 5.43 Å². The lowest BCUT2D eigenvalue weighted by atomic mass is 10.4. The molecule has 19 heavy (non-hydrogen) atoms. The summed E-state index contributed by atoms with van der Waals surface area (Å²) in [5, 5.41) is 0. The first kappa shape index (κ1) is 12.5. The van der Waals surface area contributed by atoms with Crippen LogP contribution in [0.1, 0.15) is 40.8 Å². The molecule has 1 saturated carbocycles. The van der Waals surface area contributed by atoms with Gasteiger partial charge in [-0.1, -0.05) is 0 Å². The van der Waals surface area contributed by atoms with Crippen LogP contribution in [0.3, 0.4) is 0 Å². The number of aromatic nitrogens is 2. The van der Waals surface area contributed by atoms with Crippen molar-refractivity contribution in [2.75, 3.05) is 5.43 Å². The Labute approximate surface area is 120 Å². The molecule has 2 heterocycles. The summed E-state index contributed by atoms with van der Waals surface area (Å²) in [6, 6.07) is 6.34. The summed E-state index contributed by atoms with van der Waals surface area (Å²) < 4.78 is 4.83. The fraction of sp³-hybridized carbons (Fsp3) is 0.357. The van der Waals surface area contributed by atoms with Crippen molar-refractivity contribution in [2.24, 2.45) is 0 Å². The SMILES string of the molecule is Cc1ccc(C)n1NC(=O)c1cc(Br)cn1C1CC1. The molecule has 5 heteroatoms. The van der Waals surface area contributed by atoms with Crippen molar-refractivity contribution in [1.82, 2.24) is 9.24 Å². The van der Waals surface area contributed by atoms with E-state index < -0.39 is 0 Å². The monoisotopic (exact) mass is 321 g/mol. The fourth-order valence-electron chi connectivity index (χ4n) is 2.29. The summed E-state index contributed by atoms with van der Waals surface area (Å²) in [7, 11) is 0. The topological polar surface area (TPSA) is 39.0 Å². The van der Waals surface area contributed by atoms with Gasteiger partial charge >= 0.3 is 0 Å². The summed E-state index contributed by atoms with van der Waals surface area (Å²) in [4.78, 5) is 12.4. The second kappa shape index (κ2) is 4.56. The zero-order chi connectivity index (χ0) is 13.6. The van der Waals surface area contributed by atoms with E-state index in [1.165, 1.54) is 0 Å². The van der Waals surface area contributed by atoms with E-state index in [2.05, 4.69) is 25.9 Å². The Morgan fingerprint density at radius 3 is 2.53 bits per heavy atom. The second-order valence-electron chi connectivity index (χ2n) is 5.07. The highest BCUT2D eigenvalue weighted by atomic mass is 79.9. The summed E-state index contributed by atoms with van der Waals surface area (Å²) in [5.74, 6) is -0.0694. The van der Waals surface area contributed by atoms with E-state index in [0.29, 0.717) is 11.7 Å². The van der Waals surface area contributed by atoms with Gasteiger partial charge in [0.15, 0.2) is 0 Å². The largest absolute Gasteiger partial charge is 0.339 e. The molecule has 0 aromatic carbocycles. The fourth-order valence-corrected chi connectivity index (χ4v) is 2.72. The van der Waals surface area contributed by atoms with Crippen LogP contribution in [0.4, 0.5) is 0 Å². The van der Waals surface area contributed by atoms with Gasteiger partial charge in [-0.05, 0) is 60.8 Å². The third-order valence-corrected chi connectivity index (χ3v) is 3.91. The molecule has 0 aliphatic heterocycles. The van der Waals surface area contributed by atoms with E-state index in [1.807, 2.05) is 42.9 Å². The zero-order valence-corrected chi connectivity index (χ0v) is 12.6. The maximum Gasteiger partial charge on any atom is 0.286 e. The lowest BCUT2D eigenvalue weighted by Crippen LogP contribution is -2.26. The number of carbonyl (C=O) groups excluding carboxylic acids is 1. The molecule has 0 unspecified atom stereocenters. The molecule has 1 aliphatic rings. The van der Waals surface area contributed by atoms with Crippen LogP contribution in [0.25, 0.3) is 0 Å². The number of rotatable bonds is 3. The molecule has 2 aromatic rings. The van der Waals surface area contributed by atoms with Gasteiger partial charge in [0, 0.05) is 28.1 Å². The van der Waals surface area contributed by atoms with E-state index in [1.54, 1.807) is 0 Å². The zero-order valence-electron chi connectivity index (χ0n) is 11.0. The van der Waals surface area contributed by atoms with Crippen molar-refractivity contribution in [2.45, 2.75) is 32.7 Å². The molecular formula is C14H16BrN3O. The van der Waals surface area contributed by atoms with E-state index in [0.717, 1.165) is 28.7 Å². The van der Waals surface area contributed by atoms with Gasteiger partial charge in [-0.25, -0.2) is 0 Å². The molecule has 1 amide bonds. The number of hydrogen-bond acceptors (Lipinski definition) is 1. The van der Waals surface area contributed by atoms with Crippen molar-refractivity contribution < 1.29 is 4.79 Å². The van der Waals surface area contributed by atoms with Crippen LogP contribution in [0.5, 0.6) is 0 Å². The van der Waals surface area contributed by atoms with Gasteiger partial charge in [-0.15, -0.1) is 0 Å². The van der Waals surface area contributed by atoms with Crippen LogP contribution in [0, 0.1) is 13.8 Å². The van der Waals surface area contributed by atoms with Crippen molar-refractivity contribution in [3.8, 4) is 0 Å². The Kier molecular flexibility index (Phi) is 3.01. The molecule has 0 radical (unpaired) electrons. The lowest BCUT2D eigenvalue weighted by Gasteiger charge is -2.12. The predicted molar refractivity (Wildman–Crippen MR) is 78.0 cm³/mol. The Hall–Kier alpha value is -1.49. The third-order valence-electron chi connectivity index (χ3n) is 3.47. The van der Waals surface area contributed by atoms with Crippen molar-refractivity contribution in [3.05, 3.63) is 46.0 Å². The summed E-state index contributed by atoms with van der Waals surface area (Å²) in [5.41, 5.74) is 5.70. The first-order valence-electron chi connectivity index (χ1n) is 6.40. The van der Waals surface area contributed by atoms with Gasteiger partial charge in [-0.2, -0.15) is 0 Å². The molecule has 0 atom stereocenters. The number of nitrogens with zero attached hydrogens (tertiary/aromatic N) is 2. The van der Waals surface area contributed by atoms with Crippen molar-refractivity contribution >= 4 is 21.8 Å². The Morgan fingerprint density at radius 2 is 1.95 bits per heavy atom. The number of carbonyl (C=O) groups is 1. The molecule has 100 valence electrons. The van der Waals surface area contributed by atoms with Crippen LogP contribution in [0.2, 0.25) is 0 Å². The maximum atomic E-state index is 12.4. The van der Waals surface area contributed by atoms with E-state index >= 15 is 0 Å². The summed E-state index contributed by atoms with van der Waals surface area (Å²) >= 11 is 3.45. The van der Waals surface area contributed by atoms with Crippen LogP contribution in [-0.2, 0) is 0 Å². The Morgan fingerprint density at radius 1 is 1.32 bits per heavy atom.